The average Bonchev–Trinajstić information content (AvgIpc) is 2.95. The summed E-state index contributed by atoms with van der Waals surface area (Å²) in [6.45, 7) is 21.3. The van der Waals surface area contributed by atoms with E-state index in [1.807, 2.05) is 20.8 Å². The molecular weight excluding hydrogens is 606 g/mol. The van der Waals surface area contributed by atoms with Gasteiger partial charge in [0.15, 0.2) is 18.3 Å². The molecule has 0 aromatic heterocycles. The number of rotatable bonds is 8. The highest BCUT2D eigenvalue weighted by Crippen LogP contribution is 2.26. The van der Waals surface area contributed by atoms with Crippen LogP contribution in [0.5, 0.6) is 0 Å². The Balaban J connectivity index is 3.98. The van der Waals surface area contributed by atoms with Gasteiger partial charge in [-0.3, -0.25) is 14.4 Å². The fourth-order valence-corrected chi connectivity index (χ4v) is 5.96. The van der Waals surface area contributed by atoms with E-state index in [9.17, 15) is 28.8 Å². The molecule has 0 aromatic carbocycles. The van der Waals surface area contributed by atoms with Crippen molar-refractivity contribution >= 4 is 35.6 Å². The number of esters is 3. The fourth-order valence-electron chi connectivity index (χ4n) is 5.96. The minimum absolute atomic E-state index is 0.0639. The summed E-state index contributed by atoms with van der Waals surface area (Å²) in [5.41, 5.74) is 0. The Hall–Kier alpha value is -3.18. The maximum atomic E-state index is 14.1. The van der Waals surface area contributed by atoms with Gasteiger partial charge in [-0.05, 0) is 41.9 Å². The van der Waals surface area contributed by atoms with Crippen LogP contribution in [0, 0.1) is 35.5 Å². The Bertz CT molecular complexity index is 1120. The van der Waals surface area contributed by atoms with E-state index in [1.54, 1.807) is 62.3 Å². The summed E-state index contributed by atoms with van der Waals surface area (Å²) in [6, 6.07) is -3.32. The van der Waals surface area contributed by atoms with E-state index in [0.29, 0.717) is 6.42 Å². The Morgan fingerprint density at radius 1 is 0.511 bits per heavy atom. The highest BCUT2D eigenvalue weighted by atomic mass is 16.6. The van der Waals surface area contributed by atoms with Gasteiger partial charge in [0.1, 0.15) is 18.1 Å². The second-order valence-electron chi connectivity index (χ2n) is 14.8. The first kappa shape index (κ1) is 41.8. The Kier molecular flexibility index (Phi) is 15.9. The van der Waals surface area contributed by atoms with Crippen LogP contribution >= 0.6 is 0 Å². The molecule has 1 aliphatic rings. The quantitative estimate of drug-likeness (QED) is 0.278. The molecule has 3 amide bonds. The van der Waals surface area contributed by atoms with E-state index in [2.05, 4.69) is 0 Å². The van der Waals surface area contributed by atoms with Gasteiger partial charge in [0.25, 0.3) is 17.7 Å². The van der Waals surface area contributed by atoms with E-state index in [1.165, 1.54) is 35.8 Å². The normalized spacial score (nSPS) is 27.4. The molecule has 1 fully saturated rings. The number of amides is 3. The Labute approximate surface area is 282 Å². The highest BCUT2D eigenvalue weighted by molar-refractivity contribution is 5.94. The maximum Gasteiger partial charge on any atom is 0.329 e. The molecule has 1 saturated heterocycles. The van der Waals surface area contributed by atoms with Gasteiger partial charge in [-0.2, -0.15) is 0 Å². The Morgan fingerprint density at radius 3 is 1.17 bits per heavy atom. The standard InChI is InChI=1S/C35H61N3O9/c1-16-23(12)27-35(44)47-29(22(10)11)32(41)37(14)26(20(6)7)34(43)46-28(21(8)9)31(40)36(13)25(19(4)5)33(42)45-24(17-18(2)3)30(39)38(27)15/h18-29H,16-17H2,1-15H3/t23-,24-,25+,26+,27+,28-,29-/m1/s1. The van der Waals surface area contributed by atoms with Gasteiger partial charge in [0.05, 0.1) is 0 Å². The van der Waals surface area contributed by atoms with Crippen molar-refractivity contribution in [2.75, 3.05) is 21.1 Å². The van der Waals surface area contributed by atoms with E-state index in [4.69, 9.17) is 14.2 Å². The smallest absolute Gasteiger partial charge is 0.329 e. The molecule has 47 heavy (non-hydrogen) atoms. The van der Waals surface area contributed by atoms with Crippen LogP contribution in [0.1, 0.15) is 95.9 Å². The lowest BCUT2D eigenvalue weighted by Crippen LogP contribution is -2.57. The van der Waals surface area contributed by atoms with Crippen molar-refractivity contribution in [1.82, 2.24) is 14.7 Å². The number of cyclic esters (lactones) is 3. The molecule has 1 heterocycles. The van der Waals surface area contributed by atoms with E-state index in [-0.39, 0.29) is 18.3 Å². The monoisotopic (exact) mass is 667 g/mol. The van der Waals surface area contributed by atoms with Crippen LogP contribution in [0.2, 0.25) is 0 Å². The topological polar surface area (TPSA) is 140 Å². The second kappa shape index (κ2) is 17.8. The lowest BCUT2D eigenvalue weighted by atomic mass is 9.95. The summed E-state index contributed by atoms with van der Waals surface area (Å²) < 4.78 is 17.6. The molecule has 0 aliphatic carbocycles. The Morgan fingerprint density at radius 2 is 0.851 bits per heavy atom. The van der Waals surface area contributed by atoms with Gasteiger partial charge >= 0.3 is 17.9 Å². The summed E-state index contributed by atoms with van der Waals surface area (Å²) >= 11 is 0. The van der Waals surface area contributed by atoms with Gasteiger partial charge in [-0.15, -0.1) is 0 Å². The number of hydrogen-bond acceptors (Lipinski definition) is 9. The highest BCUT2D eigenvalue weighted by Gasteiger charge is 2.45. The van der Waals surface area contributed by atoms with E-state index < -0.39 is 95.7 Å². The first-order valence-electron chi connectivity index (χ1n) is 17.0. The molecule has 0 spiro atoms. The number of nitrogens with zero attached hydrogens (tertiary/aromatic N) is 3. The van der Waals surface area contributed by atoms with Crippen LogP contribution in [-0.4, -0.2) is 108 Å². The number of carbonyl (C=O) groups is 6. The van der Waals surface area contributed by atoms with Gasteiger partial charge in [-0.1, -0.05) is 89.5 Å². The van der Waals surface area contributed by atoms with Crippen LogP contribution in [0.25, 0.3) is 0 Å². The summed E-state index contributed by atoms with van der Waals surface area (Å²) in [7, 11) is 4.35. The van der Waals surface area contributed by atoms with Crippen LogP contribution in [0.3, 0.4) is 0 Å². The average molecular weight is 668 g/mol. The predicted octanol–water partition coefficient (Wildman–Crippen LogP) is 3.93. The summed E-state index contributed by atoms with van der Waals surface area (Å²) in [6.07, 6.45) is -3.14. The molecule has 12 heteroatoms. The van der Waals surface area contributed by atoms with Crippen LogP contribution in [0.15, 0.2) is 0 Å². The van der Waals surface area contributed by atoms with Gasteiger partial charge in [-0.25, -0.2) is 14.4 Å². The third kappa shape index (κ3) is 10.4. The first-order valence-corrected chi connectivity index (χ1v) is 17.0. The molecule has 7 atom stereocenters. The van der Waals surface area contributed by atoms with Gasteiger partial charge in [0.2, 0.25) is 0 Å². The molecule has 0 radical (unpaired) electrons. The van der Waals surface area contributed by atoms with Crippen molar-refractivity contribution in [3.8, 4) is 0 Å². The third-order valence-electron chi connectivity index (χ3n) is 8.87. The zero-order valence-corrected chi connectivity index (χ0v) is 31.4. The third-order valence-corrected chi connectivity index (χ3v) is 8.87. The van der Waals surface area contributed by atoms with Crippen molar-refractivity contribution in [2.24, 2.45) is 35.5 Å². The summed E-state index contributed by atoms with van der Waals surface area (Å²) in [5.74, 6) is -6.45. The minimum Gasteiger partial charge on any atom is -0.451 e. The molecule has 0 N–H and O–H groups in total. The molecule has 0 saturated carbocycles. The summed E-state index contributed by atoms with van der Waals surface area (Å²) in [4.78, 5) is 87.2. The molecular formula is C35H61N3O9. The number of ether oxygens (including phenoxy) is 3. The molecule has 1 aliphatic heterocycles. The largest absolute Gasteiger partial charge is 0.451 e. The van der Waals surface area contributed by atoms with Crippen LogP contribution < -0.4 is 0 Å². The van der Waals surface area contributed by atoms with Crippen molar-refractivity contribution < 1.29 is 43.0 Å². The van der Waals surface area contributed by atoms with Crippen molar-refractivity contribution in [3.05, 3.63) is 0 Å². The molecule has 1 rings (SSSR count). The molecule has 270 valence electrons. The van der Waals surface area contributed by atoms with E-state index in [0.717, 1.165) is 0 Å². The lowest BCUT2D eigenvalue weighted by Gasteiger charge is -2.38. The van der Waals surface area contributed by atoms with Crippen molar-refractivity contribution in [2.45, 2.75) is 132 Å². The minimum atomic E-state index is -1.28. The van der Waals surface area contributed by atoms with Crippen LogP contribution in [0.4, 0.5) is 0 Å². The maximum absolute atomic E-state index is 14.1. The second-order valence-corrected chi connectivity index (χ2v) is 14.8. The summed E-state index contributed by atoms with van der Waals surface area (Å²) in [5, 5.41) is 0. The zero-order chi connectivity index (χ0) is 36.7. The van der Waals surface area contributed by atoms with Gasteiger partial charge in [0, 0.05) is 21.1 Å². The SMILES string of the molecule is CC[C@@H](C)[C@H]1C(=O)O[C@H](C(C)C)C(=O)N(C)[C@@H](C(C)C)C(=O)O[C@H](C(C)C)C(=O)N(C)[C@@H](C(C)C)C(=O)O[C@H](CC(C)C)C(=O)N1C. The number of carbonyl (C=O) groups excluding carboxylic acids is 6. The molecule has 12 nitrogen and oxygen atoms in total. The number of likely N-dealkylation sites (N-methyl/N-ethyl adjacent to an activating group) is 3. The molecule has 0 aromatic rings. The van der Waals surface area contributed by atoms with Crippen molar-refractivity contribution in [3.63, 3.8) is 0 Å². The fraction of sp³-hybridized carbons (Fsp3) is 0.829. The van der Waals surface area contributed by atoms with Crippen molar-refractivity contribution in [1.29, 1.82) is 0 Å². The number of hydrogen-bond donors (Lipinski definition) is 0. The van der Waals surface area contributed by atoms with E-state index >= 15 is 0 Å². The van der Waals surface area contributed by atoms with Crippen LogP contribution in [-0.2, 0) is 43.0 Å². The zero-order valence-electron chi connectivity index (χ0n) is 31.4. The lowest BCUT2D eigenvalue weighted by molar-refractivity contribution is -0.181. The predicted molar refractivity (Wildman–Crippen MR) is 178 cm³/mol. The molecule has 0 bridgehead atoms. The van der Waals surface area contributed by atoms with Gasteiger partial charge < -0.3 is 28.9 Å². The molecule has 0 unspecified atom stereocenters. The first-order chi connectivity index (χ1) is 21.6.